The van der Waals surface area contributed by atoms with E-state index >= 15 is 0 Å². The van der Waals surface area contributed by atoms with Crippen molar-refractivity contribution in [2.45, 2.75) is 25.4 Å². The number of methoxy groups -OCH3 is 1. The van der Waals surface area contributed by atoms with Crippen molar-refractivity contribution < 1.29 is 9.53 Å². The van der Waals surface area contributed by atoms with Crippen LogP contribution >= 0.6 is 0 Å². The maximum absolute atomic E-state index is 11.6. The summed E-state index contributed by atoms with van der Waals surface area (Å²) in [5, 5.41) is 6.82. The van der Waals surface area contributed by atoms with Crippen molar-refractivity contribution in [2.75, 3.05) is 27.2 Å². The Bertz CT molecular complexity index is 801. The van der Waals surface area contributed by atoms with E-state index in [9.17, 15) is 4.79 Å². The molecule has 1 amide bonds. The van der Waals surface area contributed by atoms with Gasteiger partial charge in [0.1, 0.15) is 0 Å². The number of guanidine groups is 1. The Labute approximate surface area is 165 Å². The molecule has 0 radical (unpaired) electrons. The fourth-order valence-corrected chi connectivity index (χ4v) is 3.28. The molecule has 1 aromatic heterocycles. The van der Waals surface area contributed by atoms with Gasteiger partial charge >= 0.3 is 6.09 Å². The standard InChI is InChI=1S/C21H27N5O2/c1-22-20(25-18-9-12-26(13-10-18)21(27)28-2)24-15-16-6-5-7-17(14-16)19-8-3-4-11-23-19/h3-8,11,14,18H,9-10,12-13,15H2,1-2H3,(H2,22,24,25). The SMILES string of the molecule is CN=C(NCc1cccc(-c2ccccn2)c1)NC1CCN(C(=O)OC)CC1. The van der Waals surface area contributed by atoms with Crippen LogP contribution in [0.5, 0.6) is 0 Å². The predicted octanol–water partition coefficient (Wildman–Crippen LogP) is 2.64. The van der Waals surface area contributed by atoms with Gasteiger partial charge in [0.25, 0.3) is 0 Å². The van der Waals surface area contributed by atoms with Crippen LogP contribution in [0.2, 0.25) is 0 Å². The molecule has 0 atom stereocenters. The lowest BCUT2D eigenvalue weighted by Gasteiger charge is -2.32. The minimum atomic E-state index is -0.256. The number of ether oxygens (including phenoxy) is 1. The van der Waals surface area contributed by atoms with Gasteiger partial charge in [0.15, 0.2) is 5.96 Å². The lowest BCUT2D eigenvalue weighted by Crippen LogP contribution is -2.49. The number of amides is 1. The number of aliphatic imine (C=N–C) groups is 1. The van der Waals surface area contributed by atoms with Gasteiger partial charge in [-0.3, -0.25) is 9.98 Å². The Kier molecular flexibility index (Phi) is 6.84. The van der Waals surface area contributed by atoms with Crippen LogP contribution in [0.25, 0.3) is 11.3 Å². The van der Waals surface area contributed by atoms with E-state index < -0.39 is 0 Å². The zero-order valence-corrected chi connectivity index (χ0v) is 16.4. The molecule has 1 saturated heterocycles. The zero-order chi connectivity index (χ0) is 19.8. The van der Waals surface area contributed by atoms with E-state index in [1.165, 1.54) is 7.11 Å². The van der Waals surface area contributed by atoms with Crippen LogP contribution in [-0.2, 0) is 11.3 Å². The molecule has 0 bridgehead atoms. The summed E-state index contributed by atoms with van der Waals surface area (Å²) in [7, 11) is 3.19. The summed E-state index contributed by atoms with van der Waals surface area (Å²) in [6.45, 7) is 2.04. The predicted molar refractivity (Wildman–Crippen MR) is 110 cm³/mol. The molecule has 0 spiro atoms. The number of pyridine rings is 1. The van der Waals surface area contributed by atoms with E-state index in [4.69, 9.17) is 4.74 Å². The van der Waals surface area contributed by atoms with Crippen molar-refractivity contribution in [1.82, 2.24) is 20.5 Å². The molecule has 3 rings (SSSR count). The van der Waals surface area contributed by atoms with Crippen LogP contribution in [-0.4, -0.2) is 55.2 Å². The van der Waals surface area contributed by atoms with Gasteiger partial charge in [0.2, 0.25) is 0 Å². The molecule has 2 N–H and O–H groups in total. The number of piperidine rings is 1. The van der Waals surface area contributed by atoms with E-state index in [0.29, 0.717) is 19.6 Å². The first kappa shape index (κ1) is 19.7. The zero-order valence-electron chi connectivity index (χ0n) is 16.4. The van der Waals surface area contributed by atoms with Crippen LogP contribution in [0.3, 0.4) is 0 Å². The van der Waals surface area contributed by atoms with Crippen molar-refractivity contribution in [3.05, 3.63) is 54.2 Å². The highest BCUT2D eigenvalue weighted by atomic mass is 16.5. The summed E-state index contributed by atoms with van der Waals surface area (Å²) in [5.41, 5.74) is 3.22. The first-order chi connectivity index (χ1) is 13.7. The first-order valence-corrected chi connectivity index (χ1v) is 9.50. The Morgan fingerprint density at radius 2 is 2.07 bits per heavy atom. The highest BCUT2D eigenvalue weighted by Gasteiger charge is 2.23. The van der Waals surface area contributed by atoms with Crippen molar-refractivity contribution >= 4 is 12.1 Å². The average molecular weight is 381 g/mol. The second kappa shape index (κ2) is 9.73. The number of nitrogens with one attached hydrogen (secondary N) is 2. The first-order valence-electron chi connectivity index (χ1n) is 9.50. The molecule has 1 aromatic carbocycles. The maximum atomic E-state index is 11.6. The van der Waals surface area contributed by atoms with Crippen molar-refractivity contribution in [1.29, 1.82) is 0 Å². The highest BCUT2D eigenvalue weighted by Crippen LogP contribution is 2.17. The number of carbonyl (C=O) groups is 1. The third-order valence-corrected chi connectivity index (χ3v) is 4.84. The number of hydrogen-bond donors (Lipinski definition) is 2. The Hall–Kier alpha value is -3.09. The second-order valence-corrected chi connectivity index (χ2v) is 6.72. The number of aromatic nitrogens is 1. The van der Waals surface area contributed by atoms with Crippen LogP contribution in [0.4, 0.5) is 4.79 Å². The van der Waals surface area contributed by atoms with Crippen LogP contribution in [0, 0.1) is 0 Å². The largest absolute Gasteiger partial charge is 0.453 e. The molecule has 148 valence electrons. The van der Waals surface area contributed by atoms with Gasteiger partial charge in [-0.15, -0.1) is 0 Å². The lowest BCUT2D eigenvalue weighted by atomic mass is 10.1. The monoisotopic (exact) mass is 381 g/mol. The summed E-state index contributed by atoms with van der Waals surface area (Å²) in [5.74, 6) is 0.764. The quantitative estimate of drug-likeness (QED) is 0.629. The molecule has 0 aliphatic carbocycles. The van der Waals surface area contributed by atoms with Gasteiger partial charge in [0.05, 0.1) is 12.8 Å². The normalized spacial score (nSPS) is 15.2. The van der Waals surface area contributed by atoms with Gasteiger partial charge in [-0.05, 0) is 36.6 Å². The molecule has 0 unspecified atom stereocenters. The molecular formula is C21H27N5O2. The third kappa shape index (κ3) is 5.22. The number of carbonyl (C=O) groups excluding carboxylic acids is 1. The fourth-order valence-electron chi connectivity index (χ4n) is 3.28. The van der Waals surface area contributed by atoms with Crippen molar-refractivity contribution in [2.24, 2.45) is 4.99 Å². The summed E-state index contributed by atoms with van der Waals surface area (Å²) in [6, 6.07) is 14.5. The lowest BCUT2D eigenvalue weighted by molar-refractivity contribution is 0.111. The number of nitrogens with zero attached hydrogens (tertiary/aromatic N) is 3. The summed E-state index contributed by atoms with van der Waals surface area (Å²) in [6.07, 6.45) is 3.28. The summed E-state index contributed by atoms with van der Waals surface area (Å²) in [4.78, 5) is 22.1. The minimum Gasteiger partial charge on any atom is -0.453 e. The van der Waals surface area contributed by atoms with Crippen molar-refractivity contribution in [3.8, 4) is 11.3 Å². The van der Waals surface area contributed by atoms with Crippen LogP contribution in [0.1, 0.15) is 18.4 Å². The van der Waals surface area contributed by atoms with Crippen molar-refractivity contribution in [3.63, 3.8) is 0 Å². The number of rotatable bonds is 4. The Morgan fingerprint density at radius 3 is 2.75 bits per heavy atom. The van der Waals surface area contributed by atoms with E-state index in [-0.39, 0.29) is 12.1 Å². The van der Waals surface area contributed by atoms with Gasteiger partial charge in [-0.2, -0.15) is 0 Å². The summed E-state index contributed by atoms with van der Waals surface area (Å²) < 4.78 is 4.78. The Balaban J connectivity index is 1.52. The van der Waals surface area contributed by atoms with Gasteiger partial charge in [-0.25, -0.2) is 4.79 Å². The minimum absolute atomic E-state index is 0.256. The molecule has 1 aliphatic rings. The van der Waals surface area contributed by atoms with E-state index in [0.717, 1.165) is 35.6 Å². The maximum Gasteiger partial charge on any atom is 0.409 e. The number of likely N-dealkylation sites (tertiary alicyclic amines) is 1. The molecule has 1 aliphatic heterocycles. The van der Waals surface area contributed by atoms with Crippen LogP contribution in [0.15, 0.2) is 53.7 Å². The third-order valence-electron chi connectivity index (χ3n) is 4.84. The van der Waals surface area contributed by atoms with E-state index in [1.54, 1.807) is 18.1 Å². The van der Waals surface area contributed by atoms with E-state index in [2.05, 4.69) is 38.8 Å². The molecule has 7 heteroatoms. The fraction of sp³-hybridized carbons (Fsp3) is 0.381. The molecule has 7 nitrogen and oxygen atoms in total. The molecule has 2 aromatic rings. The highest BCUT2D eigenvalue weighted by molar-refractivity contribution is 5.80. The molecule has 0 saturated carbocycles. The molecule has 2 heterocycles. The number of hydrogen-bond acceptors (Lipinski definition) is 4. The van der Waals surface area contributed by atoms with Gasteiger partial charge < -0.3 is 20.3 Å². The smallest absolute Gasteiger partial charge is 0.409 e. The molecule has 28 heavy (non-hydrogen) atoms. The van der Waals surface area contributed by atoms with E-state index in [1.807, 2.05) is 24.3 Å². The van der Waals surface area contributed by atoms with Gasteiger partial charge in [0, 0.05) is 44.5 Å². The van der Waals surface area contributed by atoms with Gasteiger partial charge in [-0.1, -0.05) is 24.3 Å². The number of benzene rings is 1. The molecule has 1 fully saturated rings. The van der Waals surface area contributed by atoms with Crippen LogP contribution < -0.4 is 10.6 Å². The average Bonchev–Trinajstić information content (AvgIpc) is 2.77. The second-order valence-electron chi connectivity index (χ2n) is 6.72. The topological polar surface area (TPSA) is 78.9 Å². The summed E-state index contributed by atoms with van der Waals surface area (Å²) >= 11 is 0. The Morgan fingerprint density at radius 1 is 1.25 bits per heavy atom. The molecular weight excluding hydrogens is 354 g/mol.